The lowest BCUT2D eigenvalue weighted by Crippen LogP contribution is -2.43. The molecule has 0 bridgehead atoms. The first-order valence-electron chi connectivity index (χ1n) is 14.4. The third-order valence-electron chi connectivity index (χ3n) is 10.4. The van der Waals surface area contributed by atoms with E-state index in [0.717, 1.165) is 31.1 Å². The average Bonchev–Trinajstić information content (AvgIpc) is 3.18. The molecule has 0 amide bonds. The van der Waals surface area contributed by atoms with E-state index in [9.17, 15) is 15.3 Å². The largest absolute Gasteiger partial charge is 0.508 e. The molecule has 198 valence electrons. The molecule has 2 fully saturated rings. The number of hydrogen-bond acceptors (Lipinski definition) is 3. The Morgan fingerprint density at radius 2 is 1.61 bits per heavy atom. The van der Waals surface area contributed by atoms with Gasteiger partial charge in [0.1, 0.15) is 11.5 Å². The minimum absolute atomic E-state index is 0.0883. The first-order valence-corrected chi connectivity index (χ1v) is 14.4. The quantitative estimate of drug-likeness (QED) is 0.394. The van der Waals surface area contributed by atoms with Gasteiger partial charge in [0.05, 0.1) is 6.10 Å². The third kappa shape index (κ3) is 5.47. The molecule has 3 aliphatic rings. The van der Waals surface area contributed by atoms with Gasteiger partial charge in [0.15, 0.2) is 0 Å². The summed E-state index contributed by atoms with van der Waals surface area (Å²) in [6.07, 6.45) is 9.31. The number of phenolic OH excluding ortho intramolecular Hbond substituents is 2. The monoisotopic (exact) mass is 492 g/mol. The number of fused-ring (bicyclic) bond motifs is 5. The predicted octanol–water partition coefficient (Wildman–Crippen LogP) is 8.18. The van der Waals surface area contributed by atoms with Crippen molar-refractivity contribution in [3.8, 4) is 11.5 Å². The molecule has 5 rings (SSSR count). The third-order valence-corrected chi connectivity index (χ3v) is 10.4. The summed E-state index contributed by atoms with van der Waals surface area (Å²) >= 11 is 0. The fraction of sp³-hybridized carbons (Fsp3) is 0.636. The highest BCUT2D eigenvalue weighted by Crippen LogP contribution is 2.60. The molecule has 0 aromatic heterocycles. The van der Waals surface area contributed by atoms with Gasteiger partial charge in [-0.05, 0) is 127 Å². The van der Waals surface area contributed by atoms with Crippen molar-refractivity contribution in [1.29, 1.82) is 0 Å². The van der Waals surface area contributed by atoms with Crippen LogP contribution < -0.4 is 0 Å². The SMILES string of the molecule is CCC(C)CC(C)C(C)c1ccc(O)cc1.C[C@]12CCC3c4ccc(O)cc4CCC3C1CC[C@@H]2O. The zero-order valence-electron chi connectivity index (χ0n) is 23.1. The van der Waals surface area contributed by atoms with Crippen molar-refractivity contribution in [2.24, 2.45) is 29.1 Å². The number of hydrogen-bond donors (Lipinski definition) is 3. The van der Waals surface area contributed by atoms with E-state index in [1.54, 1.807) is 12.1 Å². The molecular formula is C33H48O3. The smallest absolute Gasteiger partial charge is 0.115 e. The van der Waals surface area contributed by atoms with Crippen LogP contribution in [0.3, 0.4) is 0 Å². The Balaban J connectivity index is 0.000000175. The number of rotatable bonds is 5. The Kier molecular flexibility index (Phi) is 8.39. The van der Waals surface area contributed by atoms with Crippen molar-refractivity contribution in [2.75, 3.05) is 0 Å². The first kappa shape index (κ1) is 27.0. The Labute approximate surface area is 219 Å². The van der Waals surface area contributed by atoms with E-state index in [0.29, 0.717) is 35.2 Å². The van der Waals surface area contributed by atoms with Crippen LogP contribution in [-0.4, -0.2) is 21.4 Å². The van der Waals surface area contributed by atoms with Crippen molar-refractivity contribution in [3.05, 3.63) is 59.2 Å². The number of aromatic hydroxyl groups is 2. The van der Waals surface area contributed by atoms with Gasteiger partial charge in [0, 0.05) is 0 Å². The van der Waals surface area contributed by atoms with E-state index in [1.165, 1.54) is 48.8 Å². The van der Waals surface area contributed by atoms with Gasteiger partial charge in [0.2, 0.25) is 0 Å². The molecule has 0 spiro atoms. The summed E-state index contributed by atoms with van der Waals surface area (Å²) in [7, 11) is 0. The summed E-state index contributed by atoms with van der Waals surface area (Å²) in [6, 6.07) is 13.6. The summed E-state index contributed by atoms with van der Waals surface area (Å²) in [5.74, 6) is 4.90. The van der Waals surface area contributed by atoms with Crippen molar-refractivity contribution in [3.63, 3.8) is 0 Å². The molecular weight excluding hydrogens is 444 g/mol. The van der Waals surface area contributed by atoms with Crippen LogP contribution in [0.15, 0.2) is 42.5 Å². The number of aliphatic hydroxyl groups excluding tert-OH is 1. The molecule has 3 aliphatic carbocycles. The fourth-order valence-corrected chi connectivity index (χ4v) is 7.65. The standard InChI is InChI=1S/C18H24O2.C15H24O/c1-18-9-8-14-13-5-3-12(19)10-11(13)2-4-15(14)16(18)6-7-17(18)20;1-5-11(2)10-12(3)13(4)14-6-8-15(16)9-7-14/h3,5,10,14-17,19-20H,2,4,6-9H2,1H3;6-9,11-13,16H,5,10H2,1-4H3/t14?,15?,16?,17-,18-;/m0./s1. The maximum Gasteiger partial charge on any atom is 0.115 e. The maximum atomic E-state index is 10.4. The average molecular weight is 493 g/mol. The van der Waals surface area contributed by atoms with Crippen LogP contribution in [0.5, 0.6) is 11.5 Å². The topological polar surface area (TPSA) is 60.7 Å². The Morgan fingerprint density at radius 1 is 0.917 bits per heavy atom. The van der Waals surface area contributed by atoms with Crippen LogP contribution in [0.25, 0.3) is 0 Å². The van der Waals surface area contributed by atoms with Crippen LogP contribution in [0, 0.1) is 29.1 Å². The van der Waals surface area contributed by atoms with E-state index in [-0.39, 0.29) is 11.5 Å². The second-order valence-corrected chi connectivity index (χ2v) is 12.5. The van der Waals surface area contributed by atoms with E-state index >= 15 is 0 Å². The number of aryl methyl sites for hydroxylation is 1. The second kappa shape index (κ2) is 11.2. The van der Waals surface area contributed by atoms with Gasteiger partial charge in [-0.25, -0.2) is 0 Å². The van der Waals surface area contributed by atoms with Gasteiger partial charge in [-0.15, -0.1) is 0 Å². The molecule has 3 heteroatoms. The highest BCUT2D eigenvalue weighted by molar-refractivity contribution is 5.40. The van der Waals surface area contributed by atoms with E-state index in [4.69, 9.17) is 0 Å². The zero-order valence-corrected chi connectivity index (χ0v) is 23.1. The van der Waals surface area contributed by atoms with E-state index < -0.39 is 0 Å². The Bertz CT molecular complexity index is 998. The van der Waals surface area contributed by atoms with Gasteiger partial charge in [-0.1, -0.05) is 59.2 Å². The highest BCUT2D eigenvalue weighted by atomic mass is 16.3. The Hall–Kier alpha value is -2.00. The number of benzene rings is 2. The van der Waals surface area contributed by atoms with Crippen molar-refractivity contribution < 1.29 is 15.3 Å². The van der Waals surface area contributed by atoms with E-state index in [1.807, 2.05) is 24.3 Å². The molecule has 0 aliphatic heterocycles. The van der Waals surface area contributed by atoms with Crippen LogP contribution in [0.2, 0.25) is 0 Å². The molecule has 8 atom stereocenters. The van der Waals surface area contributed by atoms with Crippen LogP contribution in [0.1, 0.15) is 108 Å². The fourth-order valence-electron chi connectivity index (χ4n) is 7.65. The highest BCUT2D eigenvalue weighted by Gasteiger charge is 2.54. The molecule has 2 aromatic rings. The first-order chi connectivity index (χ1) is 17.1. The normalized spacial score (nSPS) is 31.2. The zero-order chi connectivity index (χ0) is 26.0. The predicted molar refractivity (Wildman–Crippen MR) is 148 cm³/mol. The Morgan fingerprint density at radius 3 is 2.31 bits per heavy atom. The molecule has 2 saturated carbocycles. The van der Waals surface area contributed by atoms with Crippen molar-refractivity contribution in [1.82, 2.24) is 0 Å². The van der Waals surface area contributed by atoms with Gasteiger partial charge in [-0.3, -0.25) is 0 Å². The molecule has 0 saturated heterocycles. The van der Waals surface area contributed by atoms with Gasteiger partial charge < -0.3 is 15.3 Å². The van der Waals surface area contributed by atoms with Gasteiger partial charge in [-0.2, -0.15) is 0 Å². The molecule has 36 heavy (non-hydrogen) atoms. The maximum absolute atomic E-state index is 10.4. The summed E-state index contributed by atoms with van der Waals surface area (Å²) in [5.41, 5.74) is 4.32. The van der Waals surface area contributed by atoms with Gasteiger partial charge >= 0.3 is 0 Å². The minimum Gasteiger partial charge on any atom is -0.508 e. The van der Waals surface area contributed by atoms with Crippen molar-refractivity contribution in [2.45, 2.75) is 104 Å². The number of phenols is 2. The number of aliphatic hydroxyl groups is 1. The molecule has 3 N–H and O–H groups in total. The lowest BCUT2D eigenvalue weighted by atomic mass is 9.55. The second-order valence-electron chi connectivity index (χ2n) is 12.5. The van der Waals surface area contributed by atoms with Crippen LogP contribution in [-0.2, 0) is 6.42 Å². The van der Waals surface area contributed by atoms with Crippen LogP contribution >= 0.6 is 0 Å². The summed E-state index contributed by atoms with van der Waals surface area (Å²) < 4.78 is 0. The van der Waals surface area contributed by atoms with Crippen LogP contribution in [0.4, 0.5) is 0 Å². The molecule has 0 radical (unpaired) electrons. The summed E-state index contributed by atoms with van der Waals surface area (Å²) in [5, 5.41) is 29.3. The molecule has 3 nitrogen and oxygen atoms in total. The van der Waals surface area contributed by atoms with Gasteiger partial charge in [0.25, 0.3) is 0 Å². The summed E-state index contributed by atoms with van der Waals surface area (Å²) in [4.78, 5) is 0. The van der Waals surface area contributed by atoms with E-state index in [2.05, 4.69) is 40.7 Å². The molecule has 2 aromatic carbocycles. The lowest BCUT2D eigenvalue weighted by molar-refractivity contribution is -0.0226. The molecule has 0 heterocycles. The molecule has 6 unspecified atom stereocenters. The lowest BCUT2D eigenvalue weighted by Gasteiger charge is -2.50. The van der Waals surface area contributed by atoms with Crippen molar-refractivity contribution >= 4 is 0 Å². The summed E-state index contributed by atoms with van der Waals surface area (Å²) in [6.45, 7) is 11.5. The minimum atomic E-state index is -0.0883.